The number of anilines is 1. The van der Waals surface area contributed by atoms with Crippen LogP contribution >= 0.6 is 0 Å². The highest BCUT2D eigenvalue weighted by Crippen LogP contribution is 2.37. The topological polar surface area (TPSA) is 121 Å². The lowest BCUT2D eigenvalue weighted by molar-refractivity contribution is 0.402. The second-order valence-electron chi connectivity index (χ2n) is 7.77. The maximum Gasteiger partial charge on any atom is 0.0777 e. The number of aliphatic imine (C=N–C) groups is 1. The zero-order chi connectivity index (χ0) is 22.0. The number of aromatic nitrogens is 1. The molecule has 7 nitrogen and oxygen atoms in total. The van der Waals surface area contributed by atoms with Gasteiger partial charge in [-0.05, 0) is 48.7 Å². The van der Waals surface area contributed by atoms with Crippen molar-refractivity contribution >= 4 is 34.1 Å². The van der Waals surface area contributed by atoms with Crippen molar-refractivity contribution in [3.8, 4) is 0 Å². The molecule has 3 aromatic rings. The molecule has 2 aromatic carbocycles. The molecule has 0 saturated heterocycles. The molecule has 2 heterocycles. The summed E-state index contributed by atoms with van der Waals surface area (Å²) in [6.07, 6.45) is 6.11. The van der Waals surface area contributed by atoms with Gasteiger partial charge < -0.3 is 26.8 Å². The van der Waals surface area contributed by atoms with Crippen LogP contribution in [-0.4, -0.2) is 29.8 Å². The van der Waals surface area contributed by atoms with E-state index in [1.807, 2.05) is 25.3 Å². The van der Waals surface area contributed by atoms with E-state index in [1.165, 1.54) is 0 Å². The smallest absolute Gasteiger partial charge is 0.0777 e. The Labute approximate surface area is 182 Å². The quantitative estimate of drug-likeness (QED) is 0.330. The van der Waals surface area contributed by atoms with Crippen molar-refractivity contribution in [2.24, 2.45) is 22.3 Å². The number of hydrogen-bond acceptors (Lipinski definition) is 6. The fraction of sp³-hybridized carbons (Fsp3) is 0.208. The molecular formula is C24H29N7. The van der Waals surface area contributed by atoms with Crippen LogP contribution in [0.25, 0.3) is 22.2 Å². The minimum atomic E-state index is 0.0379. The molecule has 0 radical (unpaired) electrons. The molecule has 0 fully saturated rings. The average Bonchev–Trinajstić information content (AvgIpc) is 3.20. The van der Waals surface area contributed by atoms with E-state index in [4.69, 9.17) is 17.3 Å². The first-order valence-corrected chi connectivity index (χ1v) is 10.3. The van der Waals surface area contributed by atoms with Crippen LogP contribution in [0.1, 0.15) is 36.1 Å². The highest BCUT2D eigenvalue weighted by Gasteiger charge is 2.26. The molecule has 8 N–H and O–H groups in total. The number of nitrogens with zero attached hydrogens (tertiary/aromatic N) is 2. The summed E-state index contributed by atoms with van der Waals surface area (Å²) >= 11 is 0. The normalized spacial score (nSPS) is 18.9. The van der Waals surface area contributed by atoms with Crippen molar-refractivity contribution in [3.63, 3.8) is 0 Å². The molecule has 160 valence electrons. The number of H-pyrrole nitrogens is 1. The van der Waals surface area contributed by atoms with Gasteiger partial charge >= 0.3 is 0 Å². The minimum absolute atomic E-state index is 0.0379. The van der Waals surface area contributed by atoms with E-state index < -0.39 is 0 Å². The fourth-order valence-electron chi connectivity index (χ4n) is 4.28. The third-order valence-corrected chi connectivity index (χ3v) is 5.71. The summed E-state index contributed by atoms with van der Waals surface area (Å²) in [5, 5.41) is 6.66. The molecule has 0 spiro atoms. The van der Waals surface area contributed by atoms with Crippen molar-refractivity contribution < 1.29 is 0 Å². The summed E-state index contributed by atoms with van der Waals surface area (Å²) in [6, 6.07) is 14.6. The van der Waals surface area contributed by atoms with Crippen LogP contribution in [0.3, 0.4) is 0 Å². The van der Waals surface area contributed by atoms with E-state index >= 15 is 0 Å². The number of benzene rings is 2. The van der Waals surface area contributed by atoms with Crippen LogP contribution in [0, 0.1) is 0 Å². The molecule has 0 bridgehead atoms. The summed E-state index contributed by atoms with van der Waals surface area (Å²) in [7, 11) is 1.74. The lowest BCUT2D eigenvalue weighted by Crippen LogP contribution is -2.31. The Hall–Kier alpha value is -3.71. The van der Waals surface area contributed by atoms with Crippen molar-refractivity contribution in [3.05, 3.63) is 77.2 Å². The lowest BCUT2D eigenvalue weighted by atomic mass is 9.92. The van der Waals surface area contributed by atoms with Crippen LogP contribution in [0.4, 0.5) is 5.69 Å². The van der Waals surface area contributed by atoms with Crippen LogP contribution < -0.4 is 22.6 Å². The Morgan fingerprint density at radius 2 is 2.10 bits per heavy atom. The Balaban J connectivity index is 1.86. The van der Waals surface area contributed by atoms with E-state index in [9.17, 15) is 0 Å². The van der Waals surface area contributed by atoms with E-state index in [-0.39, 0.29) is 6.04 Å². The summed E-state index contributed by atoms with van der Waals surface area (Å²) in [5.41, 5.74) is 19.8. The molecule has 1 aliphatic rings. The maximum absolute atomic E-state index is 6.41. The van der Waals surface area contributed by atoms with Gasteiger partial charge in [0.25, 0.3) is 0 Å². The highest BCUT2D eigenvalue weighted by atomic mass is 15.4. The average molecular weight is 416 g/mol. The SMILES string of the molecule is CN=CC(=CN)c1ccc2c(c1)C(Nc1cccc3[nH]ccc13)CCN(N)/C2=C(/C)N. The fourth-order valence-corrected chi connectivity index (χ4v) is 4.28. The van der Waals surface area contributed by atoms with E-state index in [0.717, 1.165) is 51.0 Å². The van der Waals surface area contributed by atoms with Crippen LogP contribution in [-0.2, 0) is 0 Å². The molecule has 1 aliphatic heterocycles. The second-order valence-corrected chi connectivity index (χ2v) is 7.77. The van der Waals surface area contributed by atoms with Gasteiger partial charge in [0.15, 0.2) is 0 Å². The minimum Gasteiger partial charge on any atom is -0.404 e. The number of nitrogens with one attached hydrogen (secondary N) is 2. The van der Waals surface area contributed by atoms with Crippen LogP contribution in [0.2, 0.25) is 0 Å². The van der Waals surface area contributed by atoms with Gasteiger partial charge in [0, 0.05) is 65.6 Å². The number of hydrogen-bond donors (Lipinski definition) is 5. The number of hydrazine groups is 1. The van der Waals surface area contributed by atoms with Crippen molar-refractivity contribution in [2.45, 2.75) is 19.4 Å². The molecule has 4 rings (SSSR count). The zero-order valence-corrected chi connectivity index (χ0v) is 17.9. The largest absolute Gasteiger partial charge is 0.404 e. The summed E-state index contributed by atoms with van der Waals surface area (Å²) in [6.45, 7) is 2.56. The number of rotatable bonds is 4. The van der Waals surface area contributed by atoms with Gasteiger partial charge in [-0.2, -0.15) is 0 Å². The van der Waals surface area contributed by atoms with Crippen LogP contribution in [0.5, 0.6) is 0 Å². The first-order chi connectivity index (χ1) is 15.0. The summed E-state index contributed by atoms with van der Waals surface area (Å²) < 4.78 is 0. The summed E-state index contributed by atoms with van der Waals surface area (Å²) in [4.78, 5) is 7.41. The first-order valence-electron chi connectivity index (χ1n) is 10.3. The maximum atomic E-state index is 6.41. The van der Waals surface area contributed by atoms with Gasteiger partial charge in [0.2, 0.25) is 0 Å². The van der Waals surface area contributed by atoms with Crippen molar-refractivity contribution in [2.75, 3.05) is 18.9 Å². The van der Waals surface area contributed by atoms with E-state index in [0.29, 0.717) is 12.2 Å². The molecule has 1 atom stereocenters. The molecule has 0 amide bonds. The highest BCUT2D eigenvalue weighted by molar-refractivity contribution is 6.09. The van der Waals surface area contributed by atoms with Gasteiger partial charge in [-0.1, -0.05) is 18.2 Å². The zero-order valence-electron chi connectivity index (χ0n) is 17.9. The van der Waals surface area contributed by atoms with Gasteiger partial charge in [-0.3, -0.25) is 4.99 Å². The van der Waals surface area contributed by atoms with E-state index in [1.54, 1.807) is 24.5 Å². The van der Waals surface area contributed by atoms with Gasteiger partial charge in [0.05, 0.1) is 11.7 Å². The summed E-state index contributed by atoms with van der Waals surface area (Å²) in [5.74, 6) is 6.41. The van der Waals surface area contributed by atoms with Gasteiger partial charge in [0.1, 0.15) is 0 Å². The van der Waals surface area contributed by atoms with Gasteiger partial charge in [-0.15, -0.1) is 0 Å². The third-order valence-electron chi connectivity index (χ3n) is 5.71. The van der Waals surface area contributed by atoms with Gasteiger partial charge in [-0.25, -0.2) is 5.84 Å². The van der Waals surface area contributed by atoms with Crippen LogP contribution in [0.15, 0.2) is 65.6 Å². The Bertz CT molecular complexity index is 1180. The standard InChI is InChI=1S/C24H29N7/c1-15(26)24-18-7-6-16(17(13-25)14-28-2)12-20(18)23(9-11-31(24)27)30-22-5-3-4-21-19(22)8-10-29-21/h3-8,10,12-14,23,29-30H,9,11,25-27H2,1-2H3/b17-13?,24-15-,28-14?. The molecule has 31 heavy (non-hydrogen) atoms. The first kappa shape index (κ1) is 20.6. The molecular weight excluding hydrogens is 386 g/mol. The molecule has 0 saturated carbocycles. The molecule has 7 heteroatoms. The number of nitrogens with two attached hydrogens (primary N) is 3. The third kappa shape index (κ3) is 3.87. The molecule has 1 unspecified atom stereocenters. The molecule has 1 aromatic heterocycles. The lowest BCUT2D eigenvalue weighted by Gasteiger charge is -2.22. The Morgan fingerprint density at radius 1 is 1.26 bits per heavy atom. The van der Waals surface area contributed by atoms with Crippen molar-refractivity contribution in [1.29, 1.82) is 0 Å². The number of allylic oxidation sites excluding steroid dienone is 2. The predicted octanol–water partition coefficient (Wildman–Crippen LogP) is 3.55. The van der Waals surface area contributed by atoms with E-state index in [2.05, 4.69) is 45.6 Å². The molecule has 0 aliphatic carbocycles. The van der Waals surface area contributed by atoms with Crippen molar-refractivity contribution in [1.82, 2.24) is 9.99 Å². The predicted molar refractivity (Wildman–Crippen MR) is 130 cm³/mol. The Morgan fingerprint density at radius 3 is 2.84 bits per heavy atom. The number of fused-ring (bicyclic) bond motifs is 2. The monoisotopic (exact) mass is 415 g/mol. The number of aromatic amines is 1. The Kier molecular flexibility index (Phi) is 5.68. The second kappa shape index (κ2) is 8.57.